The lowest BCUT2D eigenvalue weighted by Gasteiger charge is -2.56. The molecule has 2 unspecified atom stereocenters. The minimum atomic E-state index is -0.0835. The molecule has 2 bridgehead atoms. The Morgan fingerprint density at radius 1 is 1.20 bits per heavy atom. The zero-order chi connectivity index (χ0) is 11.8. The molecular weight excluding hydrogens is 190 g/mol. The number of hydrogen-bond acceptors (Lipinski definition) is 2. The quantitative estimate of drug-likeness (QED) is 0.623. The van der Waals surface area contributed by atoms with Crippen LogP contribution >= 0.6 is 0 Å². The summed E-state index contributed by atoms with van der Waals surface area (Å²) in [5.41, 5.74) is -0.0835. The SMILES string of the molecule is CC.CCN1C(=O)C2CC(C1=O)C2(C)C. The van der Waals surface area contributed by atoms with Crippen molar-refractivity contribution in [2.45, 2.75) is 41.0 Å². The van der Waals surface area contributed by atoms with Gasteiger partial charge in [-0.2, -0.15) is 0 Å². The lowest BCUT2D eigenvalue weighted by Crippen LogP contribution is -2.65. The summed E-state index contributed by atoms with van der Waals surface area (Å²) < 4.78 is 0. The molecule has 2 aliphatic heterocycles. The van der Waals surface area contributed by atoms with Gasteiger partial charge in [0.05, 0.1) is 0 Å². The van der Waals surface area contributed by atoms with Gasteiger partial charge in [0.15, 0.2) is 0 Å². The van der Waals surface area contributed by atoms with E-state index in [1.807, 2.05) is 34.6 Å². The molecule has 1 saturated carbocycles. The summed E-state index contributed by atoms with van der Waals surface area (Å²) in [6.07, 6.45) is 0.779. The molecule has 3 nitrogen and oxygen atoms in total. The minimum absolute atomic E-state index is 0.0417. The number of carbonyl (C=O) groups excluding carboxylic acids is 2. The fraction of sp³-hybridized carbons (Fsp3) is 0.833. The van der Waals surface area contributed by atoms with Crippen molar-refractivity contribution in [2.24, 2.45) is 17.3 Å². The first-order valence-electron chi connectivity index (χ1n) is 5.85. The fourth-order valence-corrected chi connectivity index (χ4v) is 2.56. The summed E-state index contributed by atoms with van der Waals surface area (Å²) in [6.45, 7) is 10.4. The molecule has 0 aromatic carbocycles. The number of amides is 2. The van der Waals surface area contributed by atoms with Crippen LogP contribution in [0.15, 0.2) is 0 Å². The molecule has 3 aliphatic rings. The van der Waals surface area contributed by atoms with E-state index in [0.717, 1.165) is 6.42 Å². The van der Waals surface area contributed by atoms with Crippen molar-refractivity contribution < 1.29 is 9.59 Å². The second-order valence-electron chi connectivity index (χ2n) is 4.58. The first-order valence-corrected chi connectivity index (χ1v) is 5.85. The van der Waals surface area contributed by atoms with Gasteiger partial charge in [0.1, 0.15) is 0 Å². The fourth-order valence-electron chi connectivity index (χ4n) is 2.56. The summed E-state index contributed by atoms with van der Waals surface area (Å²) in [7, 11) is 0. The van der Waals surface area contributed by atoms with E-state index < -0.39 is 0 Å². The number of imide groups is 1. The van der Waals surface area contributed by atoms with Crippen LogP contribution in [0, 0.1) is 17.3 Å². The van der Waals surface area contributed by atoms with Crippen LogP contribution in [-0.4, -0.2) is 23.3 Å². The Morgan fingerprint density at radius 3 is 1.87 bits per heavy atom. The monoisotopic (exact) mass is 211 g/mol. The van der Waals surface area contributed by atoms with Gasteiger partial charge in [0.2, 0.25) is 11.8 Å². The van der Waals surface area contributed by atoms with Gasteiger partial charge in [0, 0.05) is 18.4 Å². The average Bonchev–Trinajstić information content (AvgIpc) is 2.19. The van der Waals surface area contributed by atoms with Gasteiger partial charge in [0.25, 0.3) is 0 Å². The molecule has 1 aliphatic carbocycles. The van der Waals surface area contributed by atoms with Crippen LogP contribution in [0.2, 0.25) is 0 Å². The number of rotatable bonds is 1. The summed E-state index contributed by atoms with van der Waals surface area (Å²) >= 11 is 0. The van der Waals surface area contributed by atoms with Crippen LogP contribution in [0.1, 0.15) is 41.0 Å². The van der Waals surface area contributed by atoms with Crippen LogP contribution in [0.3, 0.4) is 0 Å². The molecule has 15 heavy (non-hydrogen) atoms. The van der Waals surface area contributed by atoms with Crippen LogP contribution in [-0.2, 0) is 9.59 Å². The van der Waals surface area contributed by atoms with Crippen LogP contribution in [0.4, 0.5) is 0 Å². The van der Waals surface area contributed by atoms with Crippen molar-refractivity contribution in [1.29, 1.82) is 0 Å². The Morgan fingerprint density at radius 2 is 1.60 bits per heavy atom. The largest absolute Gasteiger partial charge is 0.282 e. The third-order valence-electron chi connectivity index (χ3n) is 3.71. The van der Waals surface area contributed by atoms with E-state index >= 15 is 0 Å². The lowest BCUT2D eigenvalue weighted by atomic mass is 9.51. The van der Waals surface area contributed by atoms with Gasteiger partial charge in [-0.05, 0) is 18.8 Å². The Balaban J connectivity index is 0.000000531. The number of nitrogens with zero attached hydrogens (tertiary/aromatic N) is 1. The highest BCUT2D eigenvalue weighted by atomic mass is 16.2. The molecule has 3 rings (SSSR count). The molecule has 0 radical (unpaired) electrons. The molecule has 0 aromatic heterocycles. The first kappa shape index (κ1) is 12.2. The van der Waals surface area contributed by atoms with E-state index in [9.17, 15) is 9.59 Å². The second kappa shape index (κ2) is 3.95. The maximum Gasteiger partial charge on any atom is 0.232 e. The molecular formula is C12H21NO2. The highest BCUT2D eigenvalue weighted by Gasteiger charge is 2.61. The number of piperidine rings is 2. The molecule has 0 spiro atoms. The molecule has 2 saturated heterocycles. The topological polar surface area (TPSA) is 37.4 Å². The predicted molar refractivity (Wildman–Crippen MR) is 59.1 cm³/mol. The zero-order valence-electron chi connectivity index (χ0n) is 10.3. The third-order valence-corrected chi connectivity index (χ3v) is 3.71. The molecule has 86 valence electrons. The van der Waals surface area contributed by atoms with Crippen molar-refractivity contribution in [2.75, 3.05) is 6.54 Å². The van der Waals surface area contributed by atoms with E-state index in [2.05, 4.69) is 0 Å². The van der Waals surface area contributed by atoms with Crippen molar-refractivity contribution in [3.63, 3.8) is 0 Å². The third kappa shape index (κ3) is 1.48. The number of carbonyl (C=O) groups is 2. The summed E-state index contributed by atoms with van der Waals surface area (Å²) in [5.74, 6) is 0.269. The molecule has 0 aromatic rings. The maximum absolute atomic E-state index is 11.7. The van der Waals surface area contributed by atoms with Gasteiger partial charge >= 0.3 is 0 Å². The highest BCUT2D eigenvalue weighted by Crippen LogP contribution is 2.55. The minimum Gasteiger partial charge on any atom is -0.282 e. The van der Waals surface area contributed by atoms with Gasteiger partial charge in [-0.25, -0.2) is 0 Å². The summed E-state index contributed by atoms with van der Waals surface area (Å²) in [6, 6.07) is 0. The molecule has 2 amide bonds. The number of fused-ring (bicyclic) bond motifs is 2. The smallest absolute Gasteiger partial charge is 0.232 e. The molecule has 3 heteroatoms. The summed E-state index contributed by atoms with van der Waals surface area (Å²) in [4.78, 5) is 24.9. The first-order chi connectivity index (χ1) is 7.00. The normalized spacial score (nSPS) is 31.7. The van der Waals surface area contributed by atoms with E-state index in [1.54, 1.807) is 0 Å². The summed E-state index contributed by atoms with van der Waals surface area (Å²) in [5, 5.41) is 0. The number of hydrogen-bond donors (Lipinski definition) is 0. The van der Waals surface area contributed by atoms with Crippen LogP contribution in [0.25, 0.3) is 0 Å². The van der Waals surface area contributed by atoms with E-state index in [4.69, 9.17) is 0 Å². The van der Waals surface area contributed by atoms with E-state index in [-0.39, 0.29) is 29.1 Å². The van der Waals surface area contributed by atoms with Gasteiger partial charge in [-0.1, -0.05) is 27.7 Å². The average molecular weight is 211 g/mol. The van der Waals surface area contributed by atoms with E-state index in [1.165, 1.54) is 4.90 Å². The van der Waals surface area contributed by atoms with Crippen LogP contribution < -0.4 is 0 Å². The van der Waals surface area contributed by atoms with Gasteiger partial charge in [-0.3, -0.25) is 14.5 Å². The molecule has 2 heterocycles. The van der Waals surface area contributed by atoms with Crippen molar-refractivity contribution in [3.05, 3.63) is 0 Å². The van der Waals surface area contributed by atoms with Crippen molar-refractivity contribution in [3.8, 4) is 0 Å². The van der Waals surface area contributed by atoms with Crippen molar-refractivity contribution in [1.82, 2.24) is 4.90 Å². The molecule has 3 fully saturated rings. The highest BCUT2D eigenvalue weighted by molar-refractivity contribution is 6.03. The zero-order valence-corrected chi connectivity index (χ0v) is 10.3. The molecule has 0 N–H and O–H groups in total. The van der Waals surface area contributed by atoms with E-state index in [0.29, 0.717) is 6.54 Å². The van der Waals surface area contributed by atoms with Crippen molar-refractivity contribution >= 4 is 11.8 Å². The maximum atomic E-state index is 11.7. The lowest BCUT2D eigenvalue weighted by molar-refractivity contribution is -0.182. The second-order valence-corrected chi connectivity index (χ2v) is 4.58. The Kier molecular flexibility index (Phi) is 3.22. The van der Waals surface area contributed by atoms with Gasteiger partial charge in [-0.15, -0.1) is 0 Å². The Labute approximate surface area is 91.8 Å². The standard InChI is InChI=1S/C10H15NO2.C2H6/c1-4-11-8(12)6-5-7(9(11)13)10(6,2)3;1-2/h6-7H,4-5H2,1-3H3;1-2H3. The Hall–Kier alpha value is -0.860. The van der Waals surface area contributed by atoms with Crippen LogP contribution in [0.5, 0.6) is 0 Å². The predicted octanol–water partition coefficient (Wildman–Crippen LogP) is 2.06. The Bertz CT molecular complexity index is 259. The molecule has 2 atom stereocenters. The van der Waals surface area contributed by atoms with Gasteiger partial charge < -0.3 is 0 Å².